The van der Waals surface area contributed by atoms with Crippen LogP contribution in [-0.4, -0.2) is 70.9 Å². The Morgan fingerprint density at radius 1 is 1.27 bits per heavy atom. The average molecular weight is 439 g/mol. The zero-order valence-corrected chi connectivity index (χ0v) is 19.0. The Labute approximate surface area is 180 Å². The fourth-order valence-corrected chi connectivity index (χ4v) is 4.66. The van der Waals surface area contributed by atoms with Gasteiger partial charge in [0.1, 0.15) is 11.9 Å². The van der Waals surface area contributed by atoms with Gasteiger partial charge in [-0.2, -0.15) is 0 Å². The van der Waals surface area contributed by atoms with Crippen LogP contribution < -0.4 is 15.4 Å². The summed E-state index contributed by atoms with van der Waals surface area (Å²) >= 11 is 0. The summed E-state index contributed by atoms with van der Waals surface area (Å²) in [5, 5.41) is 6.74. The molecule has 0 saturated carbocycles. The van der Waals surface area contributed by atoms with E-state index in [4.69, 9.17) is 9.47 Å². The van der Waals surface area contributed by atoms with E-state index in [0.29, 0.717) is 32.2 Å². The van der Waals surface area contributed by atoms with E-state index in [1.807, 2.05) is 0 Å². The van der Waals surface area contributed by atoms with Crippen LogP contribution >= 0.6 is 0 Å². The van der Waals surface area contributed by atoms with Crippen LogP contribution in [0.5, 0.6) is 5.75 Å². The molecule has 168 valence electrons. The Balaban J connectivity index is 1.49. The molecule has 0 bridgehead atoms. The third-order valence-corrected chi connectivity index (χ3v) is 6.98. The summed E-state index contributed by atoms with van der Waals surface area (Å²) in [7, 11) is -1.33. The zero-order valence-electron chi connectivity index (χ0n) is 18.2. The summed E-state index contributed by atoms with van der Waals surface area (Å²) in [6, 6.07) is 6.24. The SMILES string of the molecule is CN=C(NCc1ccc(C)cc1OC1CCOC1)NCC1CCN(S(C)(=O)=O)CC1. The number of sulfonamides is 1. The highest BCUT2D eigenvalue weighted by Gasteiger charge is 2.25. The normalized spacial score (nSPS) is 21.6. The Morgan fingerprint density at radius 2 is 2.03 bits per heavy atom. The van der Waals surface area contributed by atoms with E-state index >= 15 is 0 Å². The first-order valence-electron chi connectivity index (χ1n) is 10.6. The molecule has 0 aromatic heterocycles. The number of aryl methyl sites for hydroxylation is 1. The first-order chi connectivity index (χ1) is 14.3. The summed E-state index contributed by atoms with van der Waals surface area (Å²) in [5.74, 6) is 2.06. The van der Waals surface area contributed by atoms with Crippen LogP contribution in [0.25, 0.3) is 0 Å². The summed E-state index contributed by atoms with van der Waals surface area (Å²) in [6.45, 7) is 6.01. The predicted octanol–water partition coefficient (Wildman–Crippen LogP) is 1.50. The van der Waals surface area contributed by atoms with Gasteiger partial charge in [-0.1, -0.05) is 12.1 Å². The van der Waals surface area contributed by atoms with Crippen molar-refractivity contribution in [2.24, 2.45) is 10.9 Å². The van der Waals surface area contributed by atoms with Crippen molar-refractivity contribution >= 4 is 16.0 Å². The smallest absolute Gasteiger partial charge is 0.211 e. The molecule has 30 heavy (non-hydrogen) atoms. The van der Waals surface area contributed by atoms with Crippen molar-refractivity contribution < 1.29 is 17.9 Å². The molecule has 2 aliphatic heterocycles. The molecule has 3 rings (SSSR count). The minimum atomic E-state index is -3.08. The number of ether oxygens (including phenoxy) is 2. The molecule has 1 unspecified atom stereocenters. The fraction of sp³-hybridized carbons (Fsp3) is 0.667. The van der Waals surface area contributed by atoms with Gasteiger partial charge in [-0.05, 0) is 37.3 Å². The number of piperidine rings is 1. The third kappa shape index (κ3) is 6.58. The lowest BCUT2D eigenvalue weighted by atomic mass is 9.98. The van der Waals surface area contributed by atoms with Crippen molar-refractivity contribution in [3.63, 3.8) is 0 Å². The Bertz CT molecular complexity index is 829. The van der Waals surface area contributed by atoms with Gasteiger partial charge in [-0.25, -0.2) is 12.7 Å². The second-order valence-corrected chi connectivity index (χ2v) is 10.1. The molecule has 9 heteroatoms. The minimum absolute atomic E-state index is 0.112. The number of nitrogens with one attached hydrogen (secondary N) is 2. The highest BCUT2D eigenvalue weighted by atomic mass is 32.2. The van der Waals surface area contributed by atoms with Gasteiger partial charge in [-0.3, -0.25) is 4.99 Å². The van der Waals surface area contributed by atoms with E-state index in [1.165, 1.54) is 6.26 Å². The molecule has 1 aromatic carbocycles. The quantitative estimate of drug-likeness (QED) is 0.495. The molecule has 2 N–H and O–H groups in total. The molecule has 8 nitrogen and oxygen atoms in total. The lowest BCUT2D eigenvalue weighted by Crippen LogP contribution is -2.43. The molecular formula is C21H34N4O4S. The van der Waals surface area contributed by atoms with E-state index in [2.05, 4.69) is 40.7 Å². The molecular weight excluding hydrogens is 404 g/mol. The highest BCUT2D eigenvalue weighted by Crippen LogP contribution is 2.24. The lowest BCUT2D eigenvalue weighted by molar-refractivity contribution is 0.140. The van der Waals surface area contributed by atoms with E-state index in [0.717, 1.165) is 55.3 Å². The van der Waals surface area contributed by atoms with Crippen molar-refractivity contribution in [2.45, 2.75) is 38.8 Å². The van der Waals surface area contributed by atoms with Crippen molar-refractivity contribution in [3.05, 3.63) is 29.3 Å². The zero-order chi connectivity index (χ0) is 21.6. The monoisotopic (exact) mass is 438 g/mol. The maximum Gasteiger partial charge on any atom is 0.211 e. The van der Waals surface area contributed by atoms with E-state index in [-0.39, 0.29) is 6.10 Å². The first-order valence-corrected chi connectivity index (χ1v) is 12.4. The van der Waals surface area contributed by atoms with Gasteiger partial charge in [0.2, 0.25) is 10.0 Å². The molecule has 0 radical (unpaired) electrons. The van der Waals surface area contributed by atoms with E-state index in [1.54, 1.807) is 11.4 Å². The number of benzene rings is 1. The first kappa shape index (κ1) is 22.8. The Morgan fingerprint density at radius 3 is 2.67 bits per heavy atom. The molecule has 0 aliphatic carbocycles. The van der Waals surface area contributed by atoms with Crippen molar-refractivity contribution in [3.8, 4) is 5.75 Å². The maximum atomic E-state index is 11.6. The fourth-order valence-electron chi connectivity index (χ4n) is 3.79. The molecule has 2 heterocycles. The van der Waals surface area contributed by atoms with Crippen LogP contribution in [0, 0.1) is 12.8 Å². The van der Waals surface area contributed by atoms with Crippen LogP contribution in [0.4, 0.5) is 0 Å². The van der Waals surface area contributed by atoms with Gasteiger partial charge in [0.25, 0.3) is 0 Å². The van der Waals surface area contributed by atoms with E-state index in [9.17, 15) is 8.42 Å². The molecule has 2 fully saturated rings. The van der Waals surface area contributed by atoms with Crippen molar-refractivity contribution in [1.29, 1.82) is 0 Å². The maximum absolute atomic E-state index is 11.6. The third-order valence-electron chi connectivity index (χ3n) is 5.67. The number of aliphatic imine (C=N–C) groups is 1. The number of hydrogen-bond acceptors (Lipinski definition) is 5. The van der Waals surface area contributed by atoms with Gasteiger partial charge >= 0.3 is 0 Å². The molecule has 1 atom stereocenters. The van der Waals surface area contributed by atoms with Gasteiger partial charge in [0, 0.05) is 45.2 Å². The van der Waals surface area contributed by atoms with Crippen LogP contribution in [0.1, 0.15) is 30.4 Å². The second-order valence-electron chi connectivity index (χ2n) is 8.13. The second kappa shape index (κ2) is 10.5. The topological polar surface area (TPSA) is 92.3 Å². The summed E-state index contributed by atoms with van der Waals surface area (Å²) < 4.78 is 36.4. The van der Waals surface area contributed by atoms with Gasteiger partial charge < -0.3 is 20.1 Å². The number of rotatable bonds is 7. The summed E-state index contributed by atoms with van der Waals surface area (Å²) in [4.78, 5) is 4.32. The molecule has 2 aliphatic rings. The average Bonchev–Trinajstić information content (AvgIpc) is 3.22. The number of guanidine groups is 1. The standard InChI is InChI=1S/C21H34N4O4S/c1-16-4-5-18(20(12-16)29-19-8-11-28-15-19)14-24-21(22-2)23-13-17-6-9-25(10-7-17)30(3,26)27/h4-5,12,17,19H,6-11,13-15H2,1-3H3,(H2,22,23,24). The van der Waals surface area contributed by atoms with Gasteiger partial charge in [0.05, 0.1) is 19.5 Å². The Kier molecular flexibility index (Phi) is 7.96. The minimum Gasteiger partial charge on any atom is -0.488 e. The van der Waals surface area contributed by atoms with Gasteiger partial charge in [-0.15, -0.1) is 0 Å². The predicted molar refractivity (Wildman–Crippen MR) is 118 cm³/mol. The van der Waals surface area contributed by atoms with Crippen LogP contribution in [-0.2, 0) is 21.3 Å². The van der Waals surface area contributed by atoms with Crippen LogP contribution in [0.15, 0.2) is 23.2 Å². The van der Waals surface area contributed by atoms with Crippen molar-refractivity contribution in [2.75, 3.05) is 46.2 Å². The van der Waals surface area contributed by atoms with Gasteiger partial charge in [0.15, 0.2) is 5.96 Å². The summed E-state index contributed by atoms with van der Waals surface area (Å²) in [5.41, 5.74) is 2.24. The number of hydrogen-bond donors (Lipinski definition) is 2. The molecule has 1 aromatic rings. The van der Waals surface area contributed by atoms with Crippen LogP contribution in [0.3, 0.4) is 0 Å². The van der Waals surface area contributed by atoms with Crippen LogP contribution in [0.2, 0.25) is 0 Å². The molecule has 2 saturated heterocycles. The van der Waals surface area contributed by atoms with E-state index < -0.39 is 10.0 Å². The molecule has 0 amide bonds. The molecule has 0 spiro atoms. The lowest BCUT2D eigenvalue weighted by Gasteiger charge is -2.30. The van der Waals surface area contributed by atoms with Crippen molar-refractivity contribution in [1.82, 2.24) is 14.9 Å². The summed E-state index contributed by atoms with van der Waals surface area (Å²) in [6.07, 6.45) is 4.02. The highest BCUT2D eigenvalue weighted by molar-refractivity contribution is 7.88. The largest absolute Gasteiger partial charge is 0.488 e. The Hall–Kier alpha value is -1.84. The number of nitrogens with zero attached hydrogens (tertiary/aromatic N) is 2.